The van der Waals surface area contributed by atoms with Crippen LogP contribution in [0.2, 0.25) is 0 Å². The first kappa shape index (κ1) is 15.2. The summed E-state index contributed by atoms with van der Waals surface area (Å²) in [5.74, 6) is -1.01. The van der Waals surface area contributed by atoms with Crippen molar-refractivity contribution in [3.63, 3.8) is 0 Å². The van der Waals surface area contributed by atoms with Crippen LogP contribution < -0.4 is 10.6 Å². The Hall–Kier alpha value is -1.88. The molecule has 0 saturated heterocycles. The van der Waals surface area contributed by atoms with E-state index in [0.29, 0.717) is 24.8 Å². The van der Waals surface area contributed by atoms with E-state index in [1.165, 1.54) is 0 Å². The molecule has 3 N–H and O–H groups in total. The first-order valence-corrected chi connectivity index (χ1v) is 6.21. The van der Waals surface area contributed by atoms with E-state index in [9.17, 15) is 9.59 Å². The van der Waals surface area contributed by atoms with Crippen molar-refractivity contribution in [1.82, 2.24) is 0 Å². The fraction of sp³-hybridized carbons (Fsp3) is 0.429. The number of rotatable bonds is 7. The maximum Gasteiger partial charge on any atom is 0.320 e. The van der Waals surface area contributed by atoms with Gasteiger partial charge in [0.2, 0.25) is 0 Å². The van der Waals surface area contributed by atoms with E-state index in [0.717, 1.165) is 5.69 Å². The van der Waals surface area contributed by atoms with Gasteiger partial charge in [-0.25, -0.2) is 0 Å². The highest BCUT2D eigenvalue weighted by molar-refractivity contribution is 5.96. The summed E-state index contributed by atoms with van der Waals surface area (Å²) in [6, 6.07) is 6.46. The second-order valence-corrected chi connectivity index (χ2v) is 4.70. The minimum absolute atomic E-state index is 0.0166. The molecule has 5 heteroatoms. The summed E-state index contributed by atoms with van der Waals surface area (Å²) in [6.07, 6.45) is 1.13. The Kier molecular flexibility index (Phi) is 5.51. The van der Waals surface area contributed by atoms with Crippen LogP contribution in [0.15, 0.2) is 24.3 Å². The summed E-state index contributed by atoms with van der Waals surface area (Å²) in [5, 5.41) is 8.63. The topological polar surface area (TPSA) is 83.6 Å². The lowest BCUT2D eigenvalue weighted by atomic mass is 10.0. The quantitative estimate of drug-likeness (QED) is 0.729. The van der Waals surface area contributed by atoms with Crippen molar-refractivity contribution >= 4 is 17.4 Å². The van der Waals surface area contributed by atoms with Crippen molar-refractivity contribution < 1.29 is 14.7 Å². The van der Waals surface area contributed by atoms with E-state index in [4.69, 9.17) is 10.8 Å². The monoisotopic (exact) mass is 264 g/mol. The lowest BCUT2D eigenvalue weighted by Crippen LogP contribution is -2.29. The van der Waals surface area contributed by atoms with Crippen molar-refractivity contribution in [1.29, 1.82) is 0 Å². The van der Waals surface area contributed by atoms with E-state index in [1.54, 1.807) is 12.1 Å². The molecule has 0 aliphatic heterocycles. The van der Waals surface area contributed by atoms with Gasteiger partial charge >= 0.3 is 5.97 Å². The predicted octanol–water partition coefficient (Wildman–Crippen LogP) is 1.52. The molecule has 0 aromatic heterocycles. The van der Waals surface area contributed by atoms with Crippen LogP contribution in [0.3, 0.4) is 0 Å². The number of hydrogen-bond donors (Lipinski definition) is 2. The minimum atomic E-state index is -1.03. The number of hydrogen-bond acceptors (Lipinski definition) is 4. The maximum absolute atomic E-state index is 11.9. The molecular formula is C14H20N2O3. The van der Waals surface area contributed by atoms with Gasteiger partial charge in [-0.1, -0.05) is 0 Å². The molecule has 0 heterocycles. The van der Waals surface area contributed by atoms with Gasteiger partial charge < -0.3 is 15.7 Å². The van der Waals surface area contributed by atoms with Crippen LogP contribution in [0.25, 0.3) is 0 Å². The van der Waals surface area contributed by atoms with Gasteiger partial charge in [-0.15, -0.1) is 0 Å². The third kappa shape index (κ3) is 4.71. The van der Waals surface area contributed by atoms with E-state index >= 15 is 0 Å². The van der Waals surface area contributed by atoms with E-state index < -0.39 is 12.0 Å². The third-order valence-corrected chi connectivity index (χ3v) is 2.94. The second-order valence-electron chi connectivity index (χ2n) is 4.70. The molecule has 0 bridgehead atoms. The first-order chi connectivity index (χ1) is 8.91. The van der Waals surface area contributed by atoms with Crippen LogP contribution >= 0.6 is 0 Å². The fourth-order valence-corrected chi connectivity index (χ4v) is 1.70. The predicted molar refractivity (Wildman–Crippen MR) is 74.6 cm³/mol. The Morgan fingerprint density at radius 3 is 2.32 bits per heavy atom. The van der Waals surface area contributed by atoms with E-state index in [2.05, 4.69) is 0 Å². The molecule has 0 aliphatic rings. The molecule has 1 atom stereocenters. The average Bonchev–Trinajstić information content (AvgIpc) is 2.38. The number of carboxylic acids is 1. The van der Waals surface area contributed by atoms with Gasteiger partial charge in [0.05, 0.1) is 0 Å². The summed E-state index contributed by atoms with van der Waals surface area (Å²) >= 11 is 0. The van der Waals surface area contributed by atoms with Crippen LogP contribution in [-0.4, -0.2) is 37.0 Å². The van der Waals surface area contributed by atoms with Gasteiger partial charge in [-0.05, 0) is 37.1 Å². The number of nitrogens with two attached hydrogens (primary N) is 1. The van der Waals surface area contributed by atoms with Gasteiger partial charge in [0.1, 0.15) is 6.04 Å². The van der Waals surface area contributed by atoms with Crippen LogP contribution in [-0.2, 0) is 4.79 Å². The minimum Gasteiger partial charge on any atom is -0.480 e. The van der Waals surface area contributed by atoms with Gasteiger partial charge in [0, 0.05) is 31.8 Å². The van der Waals surface area contributed by atoms with Crippen molar-refractivity contribution in [2.45, 2.75) is 25.3 Å². The molecule has 0 amide bonds. The molecule has 19 heavy (non-hydrogen) atoms. The zero-order valence-corrected chi connectivity index (χ0v) is 11.3. The Morgan fingerprint density at radius 1 is 1.26 bits per heavy atom. The molecule has 0 saturated carbocycles. The molecular weight excluding hydrogens is 244 g/mol. The lowest BCUT2D eigenvalue weighted by Gasteiger charge is -2.12. The Morgan fingerprint density at radius 2 is 1.84 bits per heavy atom. The number of carboxylic acid groups (broad SMARTS) is 1. The Labute approximate surface area is 113 Å². The molecule has 5 nitrogen and oxygen atoms in total. The highest BCUT2D eigenvalue weighted by Gasteiger charge is 2.12. The number of anilines is 1. The van der Waals surface area contributed by atoms with Gasteiger partial charge in [-0.2, -0.15) is 0 Å². The molecule has 0 spiro atoms. The average molecular weight is 264 g/mol. The summed E-state index contributed by atoms with van der Waals surface area (Å²) in [5.41, 5.74) is 7.06. The third-order valence-electron chi connectivity index (χ3n) is 2.94. The second kappa shape index (κ2) is 6.89. The highest BCUT2D eigenvalue weighted by atomic mass is 16.4. The zero-order valence-electron chi connectivity index (χ0n) is 11.3. The van der Waals surface area contributed by atoms with Crippen molar-refractivity contribution in [2.75, 3.05) is 19.0 Å². The van der Waals surface area contributed by atoms with Crippen LogP contribution in [0.1, 0.15) is 29.6 Å². The van der Waals surface area contributed by atoms with Crippen LogP contribution in [0.4, 0.5) is 5.69 Å². The number of carbonyl (C=O) groups excluding carboxylic acids is 1. The molecule has 1 unspecified atom stereocenters. The van der Waals surface area contributed by atoms with Gasteiger partial charge in [-0.3, -0.25) is 9.59 Å². The smallest absolute Gasteiger partial charge is 0.320 e. The number of benzene rings is 1. The van der Waals surface area contributed by atoms with Crippen LogP contribution in [0.5, 0.6) is 0 Å². The van der Waals surface area contributed by atoms with E-state index in [-0.39, 0.29) is 5.78 Å². The number of nitrogens with zero attached hydrogens (tertiary/aromatic N) is 1. The molecule has 1 aromatic carbocycles. The fourth-order valence-electron chi connectivity index (χ4n) is 1.70. The number of Topliss-reactive ketones (excluding diaryl/α,β-unsaturated/α-hetero) is 1. The molecule has 0 radical (unpaired) electrons. The number of aliphatic carboxylic acids is 1. The summed E-state index contributed by atoms with van der Waals surface area (Å²) in [6.45, 7) is 0. The lowest BCUT2D eigenvalue weighted by molar-refractivity contribution is -0.138. The van der Waals surface area contributed by atoms with E-state index in [1.807, 2.05) is 31.1 Å². The first-order valence-electron chi connectivity index (χ1n) is 6.21. The Bertz CT molecular complexity index is 441. The zero-order chi connectivity index (χ0) is 14.4. The standard InChI is InChI=1S/C14H20N2O3/c1-16(2)11-8-6-10(7-9-11)13(17)5-3-4-12(15)14(18)19/h6-9,12H,3-5,15H2,1-2H3,(H,18,19). The summed E-state index contributed by atoms with van der Waals surface area (Å²) < 4.78 is 0. The van der Waals surface area contributed by atoms with Crippen LogP contribution in [0, 0.1) is 0 Å². The van der Waals surface area contributed by atoms with Gasteiger partial charge in [0.25, 0.3) is 0 Å². The van der Waals surface area contributed by atoms with Crippen molar-refractivity contribution in [3.8, 4) is 0 Å². The molecule has 0 fully saturated rings. The molecule has 104 valence electrons. The van der Waals surface area contributed by atoms with Crippen molar-refractivity contribution in [3.05, 3.63) is 29.8 Å². The van der Waals surface area contributed by atoms with Gasteiger partial charge in [0.15, 0.2) is 5.78 Å². The van der Waals surface area contributed by atoms with Crippen molar-refractivity contribution in [2.24, 2.45) is 5.73 Å². The summed E-state index contributed by atoms with van der Waals surface area (Å²) in [4.78, 5) is 24.4. The molecule has 1 rings (SSSR count). The molecule has 1 aromatic rings. The number of ketones is 1. The largest absolute Gasteiger partial charge is 0.480 e. The SMILES string of the molecule is CN(C)c1ccc(C(=O)CCCC(N)C(=O)O)cc1. The maximum atomic E-state index is 11.9. The molecule has 0 aliphatic carbocycles. The summed E-state index contributed by atoms with van der Waals surface area (Å²) in [7, 11) is 3.87. The Balaban J connectivity index is 2.47. The number of carbonyl (C=O) groups is 2. The highest BCUT2D eigenvalue weighted by Crippen LogP contribution is 2.14. The normalized spacial score (nSPS) is 11.9.